The second-order valence-electron chi connectivity index (χ2n) is 8.28. The highest BCUT2D eigenvalue weighted by atomic mass is 35.5. The van der Waals surface area contributed by atoms with Gasteiger partial charge >= 0.3 is 10.2 Å². The summed E-state index contributed by atoms with van der Waals surface area (Å²) in [5.74, 6) is -1.53. The molecule has 2 heterocycles. The van der Waals surface area contributed by atoms with Crippen LogP contribution in [0.2, 0.25) is 10.0 Å². The van der Waals surface area contributed by atoms with Gasteiger partial charge in [-0.05, 0) is 24.8 Å². The van der Waals surface area contributed by atoms with E-state index in [4.69, 9.17) is 32.7 Å². The van der Waals surface area contributed by atoms with Crippen molar-refractivity contribution in [2.75, 3.05) is 19.7 Å². The number of amides is 1. The number of hydrogen-bond acceptors (Lipinski definition) is 6. The van der Waals surface area contributed by atoms with Crippen LogP contribution in [0, 0.1) is 11.7 Å². The quantitative estimate of drug-likeness (QED) is 0.500. The van der Waals surface area contributed by atoms with Gasteiger partial charge in [-0.15, -0.1) is 0 Å². The lowest BCUT2D eigenvalue weighted by atomic mass is 10.2. The fourth-order valence-corrected chi connectivity index (χ4v) is 4.87. The van der Waals surface area contributed by atoms with Gasteiger partial charge in [0.25, 0.3) is 5.91 Å². The van der Waals surface area contributed by atoms with Crippen molar-refractivity contribution in [2.45, 2.75) is 39.5 Å². The Labute approximate surface area is 208 Å². The van der Waals surface area contributed by atoms with Gasteiger partial charge in [0.15, 0.2) is 0 Å². The molecule has 8 nitrogen and oxygen atoms in total. The summed E-state index contributed by atoms with van der Waals surface area (Å²) in [4.78, 5) is 16.6. The zero-order chi connectivity index (χ0) is 24.9. The standard InChI is InChI=1S/C22H26Cl2FN3O5S/c1-14(2)13-32-22-18(24)9-15(12-26-22)33-20-11-19(25)16(10-17(20)23)21(29)27-34(30,31)28-7-5-3-4-6-8-28/h9-12,14H,3-8,13H2,1-2H3,(H,27,29). The van der Waals surface area contributed by atoms with E-state index >= 15 is 0 Å². The minimum absolute atomic E-state index is 0.0974. The summed E-state index contributed by atoms with van der Waals surface area (Å²) in [5.41, 5.74) is -0.524. The third kappa shape index (κ3) is 6.94. The fraction of sp³-hybridized carbons (Fsp3) is 0.455. The molecular formula is C22H26Cl2FN3O5S. The lowest BCUT2D eigenvalue weighted by Gasteiger charge is -2.20. The van der Waals surface area contributed by atoms with E-state index < -0.39 is 27.5 Å². The van der Waals surface area contributed by atoms with E-state index in [2.05, 4.69) is 4.98 Å². The van der Waals surface area contributed by atoms with Gasteiger partial charge in [-0.1, -0.05) is 49.9 Å². The minimum atomic E-state index is -4.10. The van der Waals surface area contributed by atoms with Crippen molar-refractivity contribution in [1.82, 2.24) is 14.0 Å². The Morgan fingerprint density at radius 3 is 2.44 bits per heavy atom. The largest absolute Gasteiger partial charge is 0.476 e. The first-order chi connectivity index (χ1) is 16.1. The van der Waals surface area contributed by atoms with Crippen LogP contribution in [-0.4, -0.2) is 43.3 Å². The molecule has 0 bridgehead atoms. The van der Waals surface area contributed by atoms with Crippen LogP contribution in [0.25, 0.3) is 0 Å². The van der Waals surface area contributed by atoms with Crippen molar-refractivity contribution in [2.24, 2.45) is 5.92 Å². The van der Waals surface area contributed by atoms with Crippen molar-refractivity contribution in [3.8, 4) is 17.4 Å². The van der Waals surface area contributed by atoms with Crippen LogP contribution in [0.3, 0.4) is 0 Å². The summed E-state index contributed by atoms with van der Waals surface area (Å²) in [6.45, 7) is 5.00. The Morgan fingerprint density at radius 2 is 1.82 bits per heavy atom. The second kappa shape index (κ2) is 11.5. The third-order valence-electron chi connectivity index (χ3n) is 4.96. The van der Waals surface area contributed by atoms with E-state index in [0.717, 1.165) is 25.0 Å². The summed E-state index contributed by atoms with van der Waals surface area (Å²) >= 11 is 12.3. The molecule has 2 aromatic rings. The molecule has 1 N–H and O–H groups in total. The average molecular weight is 534 g/mol. The van der Waals surface area contributed by atoms with E-state index in [1.165, 1.54) is 16.6 Å². The van der Waals surface area contributed by atoms with E-state index in [0.29, 0.717) is 32.5 Å². The zero-order valence-corrected chi connectivity index (χ0v) is 21.1. The molecule has 3 rings (SSSR count). The maximum Gasteiger partial charge on any atom is 0.304 e. The molecule has 0 spiro atoms. The summed E-state index contributed by atoms with van der Waals surface area (Å²) in [5, 5.41) is 0.0967. The van der Waals surface area contributed by atoms with Gasteiger partial charge in [-0.25, -0.2) is 14.1 Å². The number of nitrogens with one attached hydrogen (secondary N) is 1. The topological polar surface area (TPSA) is 97.8 Å². The molecule has 0 unspecified atom stereocenters. The molecule has 0 radical (unpaired) electrons. The number of benzene rings is 1. The maximum absolute atomic E-state index is 14.7. The molecule has 1 amide bonds. The molecule has 1 fully saturated rings. The van der Waals surface area contributed by atoms with Crippen LogP contribution in [-0.2, 0) is 10.2 Å². The number of rotatable bonds is 8. The monoisotopic (exact) mass is 533 g/mol. The Bertz CT molecular complexity index is 1140. The number of ether oxygens (including phenoxy) is 2. The number of halogens is 3. The molecule has 1 aromatic heterocycles. The SMILES string of the molecule is CC(C)COc1ncc(Oc2cc(F)c(C(=O)NS(=O)(=O)N3CCCCCC3)cc2Cl)cc1Cl. The highest BCUT2D eigenvalue weighted by Crippen LogP contribution is 2.34. The van der Waals surface area contributed by atoms with E-state index in [9.17, 15) is 17.6 Å². The van der Waals surface area contributed by atoms with E-state index in [-0.39, 0.29) is 33.3 Å². The highest BCUT2D eigenvalue weighted by molar-refractivity contribution is 7.87. The lowest BCUT2D eigenvalue weighted by Crippen LogP contribution is -2.44. The molecule has 12 heteroatoms. The van der Waals surface area contributed by atoms with Crippen LogP contribution in [0.4, 0.5) is 4.39 Å². The van der Waals surface area contributed by atoms with Crippen LogP contribution in [0.1, 0.15) is 49.9 Å². The van der Waals surface area contributed by atoms with Crippen LogP contribution in [0.5, 0.6) is 17.4 Å². The van der Waals surface area contributed by atoms with Crippen molar-refractivity contribution >= 4 is 39.3 Å². The Kier molecular flexibility index (Phi) is 8.97. The van der Waals surface area contributed by atoms with Gasteiger partial charge in [0.05, 0.1) is 23.4 Å². The Morgan fingerprint density at radius 1 is 1.15 bits per heavy atom. The Hall–Kier alpha value is -2.14. The third-order valence-corrected chi connectivity index (χ3v) is 7.01. The number of hydrogen-bond donors (Lipinski definition) is 1. The first-order valence-electron chi connectivity index (χ1n) is 10.8. The predicted octanol–water partition coefficient (Wildman–Crippen LogP) is 5.21. The molecule has 1 aromatic carbocycles. The Balaban J connectivity index is 1.73. The molecule has 0 aliphatic carbocycles. The van der Waals surface area contributed by atoms with Gasteiger partial charge in [0.2, 0.25) is 5.88 Å². The number of pyridine rings is 1. The predicted molar refractivity (Wildman–Crippen MR) is 127 cm³/mol. The fourth-order valence-electron chi connectivity index (χ4n) is 3.24. The molecule has 1 aliphatic heterocycles. The van der Waals surface area contributed by atoms with Gasteiger partial charge in [-0.3, -0.25) is 4.79 Å². The molecular weight excluding hydrogens is 508 g/mol. The summed E-state index contributed by atoms with van der Waals surface area (Å²) in [6, 6.07) is 3.34. The number of carbonyl (C=O) groups excluding carboxylic acids is 1. The van der Waals surface area contributed by atoms with Crippen LogP contribution >= 0.6 is 23.2 Å². The summed E-state index contributed by atoms with van der Waals surface area (Å²) in [6.07, 6.45) is 4.57. The highest BCUT2D eigenvalue weighted by Gasteiger charge is 2.27. The smallest absolute Gasteiger partial charge is 0.304 e. The van der Waals surface area contributed by atoms with Gasteiger partial charge in [-0.2, -0.15) is 12.7 Å². The molecule has 0 saturated carbocycles. The molecule has 34 heavy (non-hydrogen) atoms. The molecule has 1 aliphatic rings. The first kappa shape index (κ1) is 26.5. The molecule has 1 saturated heterocycles. The minimum Gasteiger partial charge on any atom is -0.476 e. The molecule has 0 atom stereocenters. The van der Waals surface area contributed by atoms with Crippen molar-refractivity contribution in [3.05, 3.63) is 45.8 Å². The van der Waals surface area contributed by atoms with Crippen molar-refractivity contribution in [3.63, 3.8) is 0 Å². The van der Waals surface area contributed by atoms with E-state index in [1.807, 2.05) is 18.6 Å². The van der Waals surface area contributed by atoms with Crippen LogP contribution in [0.15, 0.2) is 24.4 Å². The van der Waals surface area contributed by atoms with E-state index in [1.54, 1.807) is 0 Å². The average Bonchev–Trinajstić information content (AvgIpc) is 3.05. The van der Waals surface area contributed by atoms with Crippen molar-refractivity contribution in [1.29, 1.82) is 0 Å². The van der Waals surface area contributed by atoms with Crippen molar-refractivity contribution < 1.29 is 27.1 Å². The van der Waals surface area contributed by atoms with Gasteiger partial charge in [0, 0.05) is 25.2 Å². The maximum atomic E-state index is 14.7. The second-order valence-corrected chi connectivity index (χ2v) is 10.8. The van der Waals surface area contributed by atoms with Gasteiger partial charge < -0.3 is 9.47 Å². The zero-order valence-electron chi connectivity index (χ0n) is 18.8. The van der Waals surface area contributed by atoms with Gasteiger partial charge in [0.1, 0.15) is 22.3 Å². The van der Waals surface area contributed by atoms with Crippen LogP contribution < -0.4 is 14.2 Å². The number of aromatic nitrogens is 1. The summed E-state index contributed by atoms with van der Waals surface area (Å²) < 4.78 is 54.0. The number of nitrogens with zero attached hydrogens (tertiary/aromatic N) is 2. The normalized spacial score (nSPS) is 15.1. The molecule has 186 valence electrons. The number of carbonyl (C=O) groups is 1. The lowest BCUT2D eigenvalue weighted by molar-refractivity contribution is 0.0975. The first-order valence-corrected chi connectivity index (χ1v) is 13.0. The summed E-state index contributed by atoms with van der Waals surface area (Å²) in [7, 11) is -4.10.